The molecule has 2 aliphatic rings. The highest BCUT2D eigenvalue weighted by molar-refractivity contribution is 7.98. The van der Waals surface area contributed by atoms with Gasteiger partial charge < -0.3 is 18.6 Å². The van der Waals surface area contributed by atoms with Crippen molar-refractivity contribution in [2.45, 2.75) is 73.2 Å². The van der Waals surface area contributed by atoms with Gasteiger partial charge in [-0.05, 0) is 135 Å². The fourth-order valence-electron chi connectivity index (χ4n) is 9.12. The average molecular weight is 965 g/mol. The Hall–Kier alpha value is -7.66. The van der Waals surface area contributed by atoms with Gasteiger partial charge in [0, 0.05) is 35.3 Å². The molecule has 70 heavy (non-hydrogen) atoms. The van der Waals surface area contributed by atoms with E-state index in [1.165, 1.54) is 9.79 Å². The van der Waals surface area contributed by atoms with Crippen LogP contribution in [-0.4, -0.2) is 75.4 Å². The molecule has 0 aliphatic carbocycles. The zero-order chi connectivity index (χ0) is 48.8. The lowest BCUT2D eigenvalue weighted by Crippen LogP contribution is -2.34. The number of methoxy groups -OCH3 is 2. The molecule has 4 aromatic heterocycles. The highest BCUT2D eigenvalue weighted by atomic mass is 32.2. The SMILES string of the molecule is COc1cc(/C=C/c2nc3n(n2)CCC[C@@]3(C#N)c2ccc(SC)cc2)ccc1-n1cnc(C)c1.COc1cc(/C=C/c2nc3n(n2)CCC[C@]3(C#N)c2ccc(SC)cc2)ccc1-n1cnc(C)c1. The number of hydrogen-bond donors (Lipinski definition) is 0. The third-order valence-electron chi connectivity index (χ3n) is 12.8. The standard InChI is InChI=1S/2C27H26N6OS/c2*1-19-16-32(18-29-19)23-11-5-20(15-24(23)34-2)6-12-25-30-26-27(17-28,13-4-14-33(26)31-25)21-7-9-22(35-3)10-8-21/h2*5-12,15-16,18H,4,13-14H2,1-3H3/b2*12-6+/t2*27-/m10/s1. The molecule has 2 aliphatic heterocycles. The van der Waals surface area contributed by atoms with Gasteiger partial charge in [0.05, 0.1) is 61.8 Å². The number of fused-ring (bicyclic) bond motifs is 2. The number of nitriles is 2. The van der Waals surface area contributed by atoms with Gasteiger partial charge in [-0.3, -0.25) is 0 Å². The lowest BCUT2D eigenvalue weighted by molar-refractivity contribution is 0.393. The molecule has 6 heterocycles. The largest absolute Gasteiger partial charge is 0.495 e. The van der Waals surface area contributed by atoms with Crippen molar-refractivity contribution in [3.8, 4) is 35.0 Å². The molecule has 2 atom stereocenters. The molecule has 0 bridgehead atoms. The van der Waals surface area contributed by atoms with Crippen LogP contribution < -0.4 is 9.47 Å². The minimum absolute atomic E-state index is 0.593. The first-order valence-electron chi connectivity index (χ1n) is 22.9. The van der Waals surface area contributed by atoms with Gasteiger partial charge >= 0.3 is 0 Å². The van der Waals surface area contributed by atoms with Crippen LogP contribution in [0.25, 0.3) is 35.7 Å². The summed E-state index contributed by atoms with van der Waals surface area (Å²) in [6, 6.07) is 33.6. The fourth-order valence-corrected chi connectivity index (χ4v) is 9.94. The van der Waals surface area contributed by atoms with Crippen LogP contribution in [0.3, 0.4) is 0 Å². The summed E-state index contributed by atoms with van der Waals surface area (Å²) >= 11 is 3.38. The Morgan fingerprint density at radius 3 is 1.34 bits per heavy atom. The number of benzene rings is 4. The van der Waals surface area contributed by atoms with Crippen molar-refractivity contribution in [2.24, 2.45) is 0 Å². The first-order valence-corrected chi connectivity index (χ1v) is 25.3. The van der Waals surface area contributed by atoms with Crippen LogP contribution in [0.5, 0.6) is 11.5 Å². The number of hydrogen-bond acceptors (Lipinski definition) is 12. The number of aromatic nitrogens is 10. The van der Waals surface area contributed by atoms with Gasteiger partial charge in [0.25, 0.3) is 0 Å². The first kappa shape index (κ1) is 47.4. The molecule has 0 radical (unpaired) electrons. The van der Waals surface area contributed by atoms with Crippen LogP contribution >= 0.6 is 23.5 Å². The van der Waals surface area contributed by atoms with E-state index in [-0.39, 0.29) is 0 Å². The first-order chi connectivity index (χ1) is 34.1. The molecule has 0 saturated carbocycles. The average Bonchev–Trinajstić information content (AvgIpc) is 4.24. The topological polar surface area (TPSA) is 163 Å². The van der Waals surface area contributed by atoms with Crippen molar-refractivity contribution in [2.75, 3.05) is 26.7 Å². The summed E-state index contributed by atoms with van der Waals surface area (Å²) in [5.74, 6) is 4.11. The van der Waals surface area contributed by atoms with Gasteiger partial charge in [0.1, 0.15) is 22.3 Å². The van der Waals surface area contributed by atoms with E-state index < -0.39 is 10.8 Å². The third-order valence-corrected chi connectivity index (χ3v) is 14.3. The highest BCUT2D eigenvalue weighted by Gasteiger charge is 2.43. The predicted octanol–water partition coefficient (Wildman–Crippen LogP) is 10.6. The Labute approximate surface area is 416 Å². The number of thioether (sulfide) groups is 2. The number of rotatable bonds is 12. The normalized spacial score (nSPS) is 17.3. The molecule has 10 rings (SSSR count). The van der Waals surface area contributed by atoms with Crippen LogP contribution in [0.15, 0.2) is 120 Å². The molecular formula is C54H52N12O2S2. The predicted molar refractivity (Wildman–Crippen MR) is 275 cm³/mol. The molecule has 0 amide bonds. The van der Waals surface area contributed by atoms with E-state index in [1.54, 1.807) is 50.4 Å². The molecule has 16 heteroatoms. The van der Waals surface area contributed by atoms with Gasteiger partial charge in [0.2, 0.25) is 0 Å². The van der Waals surface area contributed by atoms with Crippen molar-refractivity contribution in [3.63, 3.8) is 0 Å². The Balaban J connectivity index is 0.000000174. The second kappa shape index (κ2) is 20.5. The van der Waals surface area contributed by atoms with Crippen LogP contribution in [0.4, 0.5) is 0 Å². The monoisotopic (exact) mass is 964 g/mol. The van der Waals surface area contributed by atoms with E-state index in [0.29, 0.717) is 23.3 Å². The molecule has 14 nitrogen and oxygen atoms in total. The number of nitrogens with zero attached hydrogens (tertiary/aromatic N) is 12. The fraction of sp³-hybridized carbons (Fsp3) is 0.259. The van der Waals surface area contributed by atoms with Crippen molar-refractivity contribution in [1.82, 2.24) is 48.6 Å². The minimum atomic E-state index is -0.790. The zero-order valence-corrected chi connectivity index (χ0v) is 41.6. The van der Waals surface area contributed by atoms with Gasteiger partial charge in [-0.1, -0.05) is 48.6 Å². The van der Waals surface area contributed by atoms with Crippen LogP contribution in [0, 0.1) is 36.5 Å². The number of ether oxygens (including phenoxy) is 2. The number of imidazole rings is 2. The van der Waals surface area contributed by atoms with Crippen LogP contribution in [0.2, 0.25) is 0 Å². The minimum Gasteiger partial charge on any atom is -0.495 e. The van der Waals surface area contributed by atoms with E-state index in [9.17, 15) is 10.5 Å². The van der Waals surface area contributed by atoms with Crippen molar-refractivity contribution in [1.29, 1.82) is 10.5 Å². The molecule has 352 valence electrons. The Morgan fingerprint density at radius 2 is 1.00 bits per heavy atom. The molecule has 8 aromatic rings. The second-order valence-corrected chi connectivity index (χ2v) is 18.9. The Bertz CT molecular complexity index is 3080. The summed E-state index contributed by atoms with van der Waals surface area (Å²) < 4.78 is 18.9. The lowest BCUT2D eigenvalue weighted by Gasteiger charge is -2.30. The molecule has 0 spiro atoms. The van der Waals surface area contributed by atoms with E-state index >= 15 is 0 Å². The van der Waals surface area contributed by atoms with Gasteiger partial charge in [-0.15, -0.1) is 23.5 Å². The zero-order valence-electron chi connectivity index (χ0n) is 39.9. The van der Waals surface area contributed by atoms with Crippen molar-refractivity contribution in [3.05, 3.63) is 167 Å². The van der Waals surface area contributed by atoms with Crippen LogP contribution in [0.1, 0.15) is 82.6 Å². The van der Waals surface area contributed by atoms with Crippen molar-refractivity contribution < 1.29 is 9.47 Å². The summed E-state index contributed by atoms with van der Waals surface area (Å²) in [5, 5.41) is 30.0. The third kappa shape index (κ3) is 9.40. The molecule has 0 saturated heterocycles. The van der Waals surface area contributed by atoms with Gasteiger partial charge in [0.15, 0.2) is 23.3 Å². The van der Waals surface area contributed by atoms with Crippen molar-refractivity contribution >= 4 is 47.8 Å². The van der Waals surface area contributed by atoms with E-state index in [0.717, 1.165) is 95.3 Å². The molecule has 0 N–H and O–H groups in total. The molecule has 0 unspecified atom stereocenters. The highest BCUT2D eigenvalue weighted by Crippen LogP contribution is 2.41. The molecule has 4 aromatic carbocycles. The quantitative estimate of drug-likeness (QED) is 0.107. The van der Waals surface area contributed by atoms with E-state index in [1.807, 2.05) is 142 Å². The van der Waals surface area contributed by atoms with E-state index in [4.69, 9.17) is 29.6 Å². The Kier molecular flexibility index (Phi) is 13.9. The second-order valence-electron chi connectivity index (χ2n) is 17.1. The summed E-state index contributed by atoms with van der Waals surface area (Å²) in [7, 11) is 3.32. The Morgan fingerprint density at radius 1 is 0.586 bits per heavy atom. The number of aryl methyl sites for hydroxylation is 4. The molecule has 0 fully saturated rings. The van der Waals surface area contributed by atoms with Gasteiger partial charge in [-0.2, -0.15) is 20.7 Å². The summed E-state index contributed by atoms with van der Waals surface area (Å²) in [5.41, 5.74) is 6.03. The summed E-state index contributed by atoms with van der Waals surface area (Å²) in [4.78, 5) is 20.6. The van der Waals surface area contributed by atoms with Gasteiger partial charge in [-0.25, -0.2) is 29.3 Å². The smallest absolute Gasteiger partial charge is 0.174 e. The molecular weight excluding hydrogens is 913 g/mol. The summed E-state index contributed by atoms with van der Waals surface area (Å²) in [6.45, 7) is 5.43. The maximum Gasteiger partial charge on any atom is 0.174 e. The van der Waals surface area contributed by atoms with Crippen LogP contribution in [-0.2, 0) is 23.9 Å². The maximum absolute atomic E-state index is 10.3. The maximum atomic E-state index is 10.3. The van der Waals surface area contributed by atoms with E-state index in [2.05, 4.69) is 46.4 Å². The summed E-state index contributed by atoms with van der Waals surface area (Å²) in [6.07, 6.45) is 22.5. The lowest BCUT2D eigenvalue weighted by atomic mass is 9.75.